The van der Waals surface area contributed by atoms with Crippen LogP contribution in [0.2, 0.25) is 0 Å². The number of pyridine rings is 1. The van der Waals surface area contributed by atoms with Gasteiger partial charge in [0, 0.05) is 12.7 Å². The van der Waals surface area contributed by atoms with Crippen molar-refractivity contribution < 1.29 is 9.53 Å². The molecule has 4 nitrogen and oxygen atoms in total. The van der Waals surface area contributed by atoms with E-state index in [2.05, 4.69) is 26.2 Å². The first-order chi connectivity index (χ1) is 9.75. The van der Waals surface area contributed by atoms with Gasteiger partial charge in [0.15, 0.2) is 12.4 Å². The Morgan fingerprint density at radius 2 is 2.00 bits per heavy atom. The van der Waals surface area contributed by atoms with Crippen molar-refractivity contribution in [1.82, 2.24) is 10.3 Å². The number of rotatable bonds is 6. The summed E-state index contributed by atoms with van der Waals surface area (Å²) in [4.78, 5) is 15.7. The van der Waals surface area contributed by atoms with Crippen molar-refractivity contribution in [3.8, 4) is 5.75 Å². The molecule has 1 N–H and O–H groups in total. The van der Waals surface area contributed by atoms with Crippen LogP contribution in [0.1, 0.15) is 5.56 Å². The van der Waals surface area contributed by atoms with Crippen molar-refractivity contribution in [2.45, 2.75) is 6.42 Å². The summed E-state index contributed by atoms with van der Waals surface area (Å²) in [7, 11) is 0. The van der Waals surface area contributed by atoms with Gasteiger partial charge in [-0.3, -0.25) is 4.79 Å². The van der Waals surface area contributed by atoms with Crippen LogP contribution in [-0.4, -0.2) is 24.0 Å². The van der Waals surface area contributed by atoms with Gasteiger partial charge in [-0.1, -0.05) is 30.3 Å². The third-order valence-electron chi connectivity index (χ3n) is 2.66. The molecule has 2 rings (SSSR count). The first-order valence-corrected chi connectivity index (χ1v) is 7.09. The molecule has 2 aromatic rings. The third kappa shape index (κ3) is 4.66. The summed E-state index contributed by atoms with van der Waals surface area (Å²) < 4.78 is 5.97. The van der Waals surface area contributed by atoms with Gasteiger partial charge < -0.3 is 10.1 Å². The SMILES string of the molecule is O=C(COc1cccnc1Br)NCCc1ccccc1. The van der Waals surface area contributed by atoms with Gasteiger partial charge in [0.1, 0.15) is 4.60 Å². The molecule has 0 aliphatic carbocycles. The fraction of sp³-hybridized carbons (Fsp3) is 0.200. The zero-order chi connectivity index (χ0) is 14.2. The number of amides is 1. The van der Waals surface area contributed by atoms with Crippen molar-refractivity contribution in [1.29, 1.82) is 0 Å². The molecule has 0 aliphatic rings. The Hall–Kier alpha value is -1.88. The van der Waals surface area contributed by atoms with E-state index in [9.17, 15) is 4.79 Å². The van der Waals surface area contributed by atoms with Crippen LogP contribution >= 0.6 is 15.9 Å². The highest BCUT2D eigenvalue weighted by Gasteiger charge is 2.05. The van der Waals surface area contributed by atoms with Crippen LogP contribution in [0.15, 0.2) is 53.3 Å². The number of hydrogen-bond acceptors (Lipinski definition) is 3. The summed E-state index contributed by atoms with van der Waals surface area (Å²) in [6.45, 7) is 0.583. The summed E-state index contributed by atoms with van der Waals surface area (Å²) in [5.41, 5.74) is 1.20. The highest BCUT2D eigenvalue weighted by atomic mass is 79.9. The lowest BCUT2D eigenvalue weighted by atomic mass is 10.1. The highest BCUT2D eigenvalue weighted by Crippen LogP contribution is 2.20. The van der Waals surface area contributed by atoms with Crippen molar-refractivity contribution >= 4 is 21.8 Å². The molecule has 1 aromatic heterocycles. The molecule has 0 bridgehead atoms. The van der Waals surface area contributed by atoms with Crippen LogP contribution < -0.4 is 10.1 Å². The fourth-order valence-corrected chi connectivity index (χ4v) is 2.03. The second-order valence-corrected chi connectivity index (χ2v) is 4.92. The molecule has 1 aromatic carbocycles. The zero-order valence-corrected chi connectivity index (χ0v) is 12.5. The minimum absolute atomic E-state index is 0.0148. The molecule has 104 valence electrons. The van der Waals surface area contributed by atoms with E-state index in [4.69, 9.17) is 4.74 Å². The number of hydrogen-bond donors (Lipinski definition) is 1. The predicted octanol–water partition coefficient (Wildman–Crippen LogP) is 2.58. The zero-order valence-electron chi connectivity index (χ0n) is 10.9. The van der Waals surface area contributed by atoms with E-state index in [1.807, 2.05) is 30.3 Å². The van der Waals surface area contributed by atoms with Crippen molar-refractivity contribution in [2.24, 2.45) is 0 Å². The average Bonchev–Trinajstić information content (AvgIpc) is 2.47. The van der Waals surface area contributed by atoms with Crippen LogP contribution in [0.5, 0.6) is 5.75 Å². The average molecular weight is 335 g/mol. The van der Waals surface area contributed by atoms with Gasteiger partial charge in [0.25, 0.3) is 5.91 Å². The Morgan fingerprint density at radius 1 is 1.20 bits per heavy atom. The molecular weight excluding hydrogens is 320 g/mol. The molecule has 1 amide bonds. The summed E-state index contributed by atoms with van der Waals surface area (Å²) in [6, 6.07) is 13.5. The second kappa shape index (κ2) is 7.65. The number of carbonyl (C=O) groups is 1. The van der Waals surface area contributed by atoms with Crippen LogP contribution in [0.25, 0.3) is 0 Å². The van der Waals surface area contributed by atoms with Crippen molar-refractivity contribution in [3.05, 3.63) is 58.8 Å². The Morgan fingerprint density at radius 3 is 2.75 bits per heavy atom. The standard InChI is InChI=1S/C15H15BrN2O2/c16-15-13(7-4-9-18-15)20-11-14(19)17-10-8-12-5-2-1-3-6-12/h1-7,9H,8,10-11H2,(H,17,19). The van der Waals surface area contributed by atoms with Crippen LogP contribution in [0.3, 0.4) is 0 Å². The summed E-state index contributed by atoms with van der Waals surface area (Å²) in [5, 5.41) is 2.82. The van der Waals surface area contributed by atoms with Gasteiger partial charge in [-0.05, 0) is 40.0 Å². The van der Waals surface area contributed by atoms with Gasteiger partial charge in [-0.25, -0.2) is 4.98 Å². The lowest BCUT2D eigenvalue weighted by molar-refractivity contribution is -0.123. The Labute approximate surface area is 126 Å². The molecule has 0 aliphatic heterocycles. The third-order valence-corrected chi connectivity index (χ3v) is 3.26. The number of nitrogens with one attached hydrogen (secondary N) is 1. The Kier molecular flexibility index (Phi) is 5.55. The topological polar surface area (TPSA) is 51.2 Å². The Balaban J connectivity index is 1.70. The van der Waals surface area contributed by atoms with Gasteiger partial charge in [-0.15, -0.1) is 0 Å². The number of halogens is 1. The normalized spacial score (nSPS) is 10.1. The smallest absolute Gasteiger partial charge is 0.257 e. The predicted molar refractivity (Wildman–Crippen MR) is 80.6 cm³/mol. The number of carbonyl (C=O) groups excluding carboxylic acids is 1. The van der Waals surface area contributed by atoms with E-state index in [0.717, 1.165) is 6.42 Å². The molecule has 0 spiro atoms. The number of aromatic nitrogens is 1. The number of benzene rings is 1. The molecule has 0 unspecified atom stereocenters. The maximum atomic E-state index is 11.6. The number of ether oxygens (including phenoxy) is 1. The van der Waals surface area contributed by atoms with E-state index in [1.54, 1.807) is 18.3 Å². The minimum atomic E-state index is -0.142. The van der Waals surface area contributed by atoms with Crippen molar-refractivity contribution in [2.75, 3.05) is 13.2 Å². The molecule has 0 radical (unpaired) electrons. The molecular formula is C15H15BrN2O2. The summed E-state index contributed by atoms with van der Waals surface area (Å²) in [6.07, 6.45) is 2.46. The molecule has 0 saturated heterocycles. The largest absolute Gasteiger partial charge is 0.481 e. The lowest BCUT2D eigenvalue weighted by Crippen LogP contribution is -2.30. The van der Waals surface area contributed by atoms with Crippen LogP contribution in [0, 0.1) is 0 Å². The van der Waals surface area contributed by atoms with Gasteiger partial charge in [-0.2, -0.15) is 0 Å². The van der Waals surface area contributed by atoms with E-state index < -0.39 is 0 Å². The molecule has 20 heavy (non-hydrogen) atoms. The van der Waals surface area contributed by atoms with E-state index in [1.165, 1.54) is 5.56 Å². The van der Waals surface area contributed by atoms with Gasteiger partial charge in [0.05, 0.1) is 0 Å². The quantitative estimate of drug-likeness (QED) is 0.826. The molecule has 5 heteroatoms. The Bertz CT molecular complexity index is 561. The second-order valence-electron chi connectivity index (χ2n) is 4.17. The highest BCUT2D eigenvalue weighted by molar-refractivity contribution is 9.10. The summed E-state index contributed by atoms with van der Waals surface area (Å²) in [5.74, 6) is 0.419. The fourth-order valence-electron chi connectivity index (χ4n) is 1.66. The van der Waals surface area contributed by atoms with Crippen molar-refractivity contribution in [3.63, 3.8) is 0 Å². The summed E-state index contributed by atoms with van der Waals surface area (Å²) >= 11 is 3.26. The molecule has 0 saturated carbocycles. The first kappa shape index (κ1) is 14.5. The van der Waals surface area contributed by atoms with Gasteiger partial charge >= 0.3 is 0 Å². The maximum Gasteiger partial charge on any atom is 0.257 e. The van der Waals surface area contributed by atoms with Crippen LogP contribution in [-0.2, 0) is 11.2 Å². The lowest BCUT2D eigenvalue weighted by Gasteiger charge is -2.08. The van der Waals surface area contributed by atoms with Crippen LogP contribution in [0.4, 0.5) is 0 Å². The number of nitrogens with zero attached hydrogens (tertiary/aromatic N) is 1. The first-order valence-electron chi connectivity index (χ1n) is 6.29. The minimum Gasteiger partial charge on any atom is -0.481 e. The molecule has 0 atom stereocenters. The molecule has 0 fully saturated rings. The van der Waals surface area contributed by atoms with E-state index in [-0.39, 0.29) is 12.5 Å². The molecule has 1 heterocycles. The monoisotopic (exact) mass is 334 g/mol. The van der Waals surface area contributed by atoms with Gasteiger partial charge in [0.2, 0.25) is 0 Å². The maximum absolute atomic E-state index is 11.6. The van der Waals surface area contributed by atoms with E-state index >= 15 is 0 Å². The van der Waals surface area contributed by atoms with E-state index in [0.29, 0.717) is 16.9 Å².